The first-order valence-electron chi connectivity index (χ1n) is 6.86. The number of hydrogen-bond acceptors (Lipinski definition) is 3. The molecule has 22 heavy (non-hydrogen) atoms. The van der Waals surface area contributed by atoms with Crippen molar-refractivity contribution < 1.29 is 19.4 Å². The predicted octanol–water partition coefficient (Wildman–Crippen LogP) is 2.61. The first-order valence-corrected chi connectivity index (χ1v) is 6.86. The molecule has 0 saturated heterocycles. The van der Waals surface area contributed by atoms with Crippen LogP contribution in [0.4, 0.5) is 0 Å². The molecule has 5 nitrogen and oxygen atoms in total. The van der Waals surface area contributed by atoms with Crippen LogP contribution in [0.25, 0.3) is 0 Å². The van der Waals surface area contributed by atoms with Gasteiger partial charge in [0.1, 0.15) is 17.5 Å². The first kappa shape index (κ1) is 15.6. The van der Waals surface area contributed by atoms with Crippen LogP contribution in [0.3, 0.4) is 0 Å². The summed E-state index contributed by atoms with van der Waals surface area (Å²) in [6.45, 7) is 1.30. The lowest BCUT2D eigenvalue weighted by atomic mass is 10.1. The Morgan fingerprint density at radius 2 is 1.77 bits per heavy atom. The van der Waals surface area contributed by atoms with Gasteiger partial charge in [-0.25, -0.2) is 4.79 Å². The summed E-state index contributed by atoms with van der Waals surface area (Å²) in [5.41, 5.74) is 0.773. The van der Waals surface area contributed by atoms with E-state index in [1.54, 1.807) is 24.3 Å². The largest absolute Gasteiger partial charge is 0.480 e. The molecule has 0 aromatic heterocycles. The van der Waals surface area contributed by atoms with E-state index >= 15 is 0 Å². The fourth-order valence-electron chi connectivity index (χ4n) is 2.04. The smallest absolute Gasteiger partial charge is 0.326 e. The number of aliphatic carboxylic acids is 1. The molecule has 5 heteroatoms. The monoisotopic (exact) mass is 299 g/mol. The molecule has 0 aliphatic carbocycles. The highest BCUT2D eigenvalue weighted by Crippen LogP contribution is 2.22. The van der Waals surface area contributed by atoms with Gasteiger partial charge in [-0.15, -0.1) is 0 Å². The van der Waals surface area contributed by atoms with Gasteiger partial charge in [0.15, 0.2) is 0 Å². The van der Waals surface area contributed by atoms with Crippen molar-refractivity contribution in [2.45, 2.75) is 19.4 Å². The Kier molecular flexibility index (Phi) is 5.14. The third kappa shape index (κ3) is 4.63. The average Bonchev–Trinajstić information content (AvgIpc) is 2.47. The number of nitrogens with one attached hydrogen (secondary N) is 1. The molecule has 0 bridgehead atoms. The summed E-state index contributed by atoms with van der Waals surface area (Å²) in [5, 5.41) is 11.6. The third-order valence-electron chi connectivity index (χ3n) is 2.99. The van der Waals surface area contributed by atoms with Crippen LogP contribution >= 0.6 is 0 Å². The molecule has 2 aromatic carbocycles. The van der Waals surface area contributed by atoms with Crippen LogP contribution in [-0.4, -0.2) is 23.0 Å². The summed E-state index contributed by atoms with van der Waals surface area (Å²) in [5.74, 6) is -0.111. The molecule has 0 aliphatic heterocycles. The van der Waals surface area contributed by atoms with Gasteiger partial charge in [0.2, 0.25) is 5.91 Å². The molecule has 0 heterocycles. The molecule has 2 N–H and O–H groups in total. The van der Waals surface area contributed by atoms with Crippen LogP contribution in [0.1, 0.15) is 12.5 Å². The minimum atomic E-state index is -1.07. The summed E-state index contributed by atoms with van der Waals surface area (Å²) in [7, 11) is 0. The molecule has 1 atom stereocenters. The number of carboxylic acid groups (broad SMARTS) is 1. The fourth-order valence-corrected chi connectivity index (χ4v) is 2.04. The minimum absolute atomic E-state index is 0.195. The Morgan fingerprint density at radius 1 is 1.09 bits per heavy atom. The van der Waals surface area contributed by atoms with Gasteiger partial charge in [-0.2, -0.15) is 0 Å². The molecule has 114 valence electrons. The molecule has 0 fully saturated rings. The number of hydrogen-bond donors (Lipinski definition) is 2. The van der Waals surface area contributed by atoms with Crippen LogP contribution in [0.2, 0.25) is 0 Å². The SMILES string of the molecule is CC(=O)N[C@@H](Cc1cccc(Oc2ccccc2)c1)C(=O)O. The van der Waals surface area contributed by atoms with Crippen molar-refractivity contribution >= 4 is 11.9 Å². The zero-order valence-electron chi connectivity index (χ0n) is 12.2. The molecule has 0 aliphatic rings. The van der Waals surface area contributed by atoms with Gasteiger partial charge in [-0.05, 0) is 29.8 Å². The number of carbonyl (C=O) groups excluding carboxylic acids is 1. The molecule has 2 rings (SSSR count). The van der Waals surface area contributed by atoms with Crippen molar-refractivity contribution in [1.29, 1.82) is 0 Å². The van der Waals surface area contributed by atoms with Crippen LogP contribution in [0, 0.1) is 0 Å². The van der Waals surface area contributed by atoms with Gasteiger partial charge in [-0.3, -0.25) is 4.79 Å². The summed E-state index contributed by atoms with van der Waals surface area (Å²) in [6.07, 6.45) is 0.195. The van der Waals surface area contributed by atoms with Crippen molar-refractivity contribution in [3.8, 4) is 11.5 Å². The van der Waals surface area contributed by atoms with Crippen LogP contribution in [0.15, 0.2) is 54.6 Å². The van der Waals surface area contributed by atoms with Gasteiger partial charge in [0, 0.05) is 13.3 Å². The number of rotatable bonds is 6. The highest BCUT2D eigenvalue weighted by molar-refractivity contribution is 5.82. The van der Waals surface area contributed by atoms with E-state index in [0.717, 1.165) is 5.56 Å². The lowest BCUT2D eigenvalue weighted by Gasteiger charge is -2.14. The molecular weight excluding hydrogens is 282 g/mol. The maximum absolute atomic E-state index is 11.2. The first-order chi connectivity index (χ1) is 10.5. The van der Waals surface area contributed by atoms with E-state index in [9.17, 15) is 9.59 Å². The van der Waals surface area contributed by atoms with Crippen molar-refractivity contribution in [1.82, 2.24) is 5.32 Å². The highest BCUT2D eigenvalue weighted by Gasteiger charge is 2.18. The molecular formula is C17H17NO4. The maximum atomic E-state index is 11.2. The fraction of sp³-hybridized carbons (Fsp3) is 0.176. The van der Waals surface area contributed by atoms with Gasteiger partial charge < -0.3 is 15.2 Å². The Labute approximate surface area is 128 Å². The summed E-state index contributed by atoms with van der Waals surface area (Å²) >= 11 is 0. The Balaban J connectivity index is 2.10. The van der Waals surface area contributed by atoms with Crippen molar-refractivity contribution in [3.05, 3.63) is 60.2 Å². The van der Waals surface area contributed by atoms with Crippen LogP contribution < -0.4 is 10.1 Å². The van der Waals surface area contributed by atoms with E-state index in [1.807, 2.05) is 30.3 Å². The lowest BCUT2D eigenvalue weighted by Crippen LogP contribution is -2.41. The van der Waals surface area contributed by atoms with Crippen molar-refractivity contribution in [2.75, 3.05) is 0 Å². The number of carbonyl (C=O) groups is 2. The third-order valence-corrected chi connectivity index (χ3v) is 2.99. The highest BCUT2D eigenvalue weighted by atomic mass is 16.5. The molecule has 0 unspecified atom stereocenters. The summed E-state index contributed by atoms with van der Waals surface area (Å²) < 4.78 is 5.71. The summed E-state index contributed by atoms with van der Waals surface area (Å²) in [6, 6.07) is 15.5. The molecule has 1 amide bonds. The summed E-state index contributed by atoms with van der Waals surface area (Å²) in [4.78, 5) is 22.2. The Hall–Kier alpha value is -2.82. The van der Waals surface area contributed by atoms with E-state index in [1.165, 1.54) is 6.92 Å². The van der Waals surface area contributed by atoms with E-state index in [2.05, 4.69) is 5.32 Å². The number of para-hydroxylation sites is 1. The molecule has 2 aromatic rings. The Bertz CT molecular complexity index is 655. The van der Waals surface area contributed by atoms with Gasteiger partial charge in [-0.1, -0.05) is 30.3 Å². The maximum Gasteiger partial charge on any atom is 0.326 e. The van der Waals surface area contributed by atoms with Crippen molar-refractivity contribution in [3.63, 3.8) is 0 Å². The normalized spacial score (nSPS) is 11.5. The zero-order valence-corrected chi connectivity index (χ0v) is 12.2. The second-order valence-electron chi connectivity index (χ2n) is 4.86. The second kappa shape index (κ2) is 7.26. The standard InChI is InChI=1S/C17H17NO4/c1-12(19)18-16(17(20)21)11-13-6-5-9-15(10-13)22-14-7-3-2-4-8-14/h2-10,16H,11H2,1H3,(H,18,19)(H,20,21)/t16-/m0/s1. The minimum Gasteiger partial charge on any atom is -0.480 e. The Morgan fingerprint density at radius 3 is 2.41 bits per heavy atom. The quantitative estimate of drug-likeness (QED) is 0.859. The van der Waals surface area contributed by atoms with Crippen LogP contribution in [0.5, 0.6) is 11.5 Å². The van der Waals surface area contributed by atoms with E-state index in [0.29, 0.717) is 11.5 Å². The van der Waals surface area contributed by atoms with Gasteiger partial charge in [0.05, 0.1) is 0 Å². The lowest BCUT2D eigenvalue weighted by molar-refractivity contribution is -0.141. The predicted molar refractivity (Wildman–Crippen MR) is 81.9 cm³/mol. The average molecular weight is 299 g/mol. The van der Waals surface area contributed by atoms with Gasteiger partial charge in [0.25, 0.3) is 0 Å². The molecule has 0 spiro atoms. The number of ether oxygens (including phenoxy) is 1. The topological polar surface area (TPSA) is 75.6 Å². The van der Waals surface area contributed by atoms with Crippen LogP contribution in [-0.2, 0) is 16.0 Å². The number of carboxylic acids is 1. The van der Waals surface area contributed by atoms with Gasteiger partial charge >= 0.3 is 5.97 Å². The molecule has 0 radical (unpaired) electrons. The molecule has 0 saturated carbocycles. The second-order valence-corrected chi connectivity index (χ2v) is 4.86. The van der Waals surface area contributed by atoms with E-state index in [4.69, 9.17) is 9.84 Å². The zero-order chi connectivity index (χ0) is 15.9. The van der Waals surface area contributed by atoms with E-state index in [-0.39, 0.29) is 12.3 Å². The van der Waals surface area contributed by atoms with Crippen molar-refractivity contribution in [2.24, 2.45) is 0 Å². The van der Waals surface area contributed by atoms with E-state index < -0.39 is 12.0 Å². The number of amides is 1. The number of benzene rings is 2.